The molecule has 2 aliphatic carbocycles. The quantitative estimate of drug-likeness (QED) is 0.155. The van der Waals surface area contributed by atoms with Crippen LogP contribution >= 0.6 is 45.2 Å². The Morgan fingerprint density at radius 1 is 1.22 bits per heavy atom. The number of alkyl halides is 3. The van der Waals surface area contributed by atoms with Crippen LogP contribution in [0.5, 0.6) is 5.75 Å². The Balaban J connectivity index is 1.68. The zero-order valence-electron chi connectivity index (χ0n) is 19.6. The molecule has 208 valence electrons. The number of hydrogen-bond donors (Lipinski definition) is 2. The zero-order chi connectivity index (χ0) is 27.6. The van der Waals surface area contributed by atoms with Crippen LogP contribution in [0, 0.1) is 24.4 Å². The molecule has 3 rings (SSSR count). The van der Waals surface area contributed by atoms with Crippen molar-refractivity contribution in [3.63, 3.8) is 0 Å². The van der Waals surface area contributed by atoms with E-state index in [1.807, 2.05) is 28.7 Å². The summed E-state index contributed by atoms with van der Waals surface area (Å²) in [6.45, 7) is -0.299. The van der Waals surface area contributed by atoms with Crippen molar-refractivity contribution in [2.45, 2.75) is 70.3 Å². The molecule has 14 heteroatoms. The second-order valence-corrected chi connectivity index (χ2v) is 13.7. The minimum atomic E-state index is -5.15. The number of carbonyl (C=O) groups is 2. The van der Waals surface area contributed by atoms with Gasteiger partial charge in [0.05, 0.1) is 15.6 Å². The van der Waals surface area contributed by atoms with E-state index in [1.165, 1.54) is 0 Å². The number of rotatable bonds is 9. The van der Waals surface area contributed by atoms with Gasteiger partial charge in [-0.3, -0.25) is 14.1 Å². The average Bonchev–Trinajstić information content (AvgIpc) is 2.77. The summed E-state index contributed by atoms with van der Waals surface area (Å²) in [5.41, 5.74) is -0.304. The van der Waals surface area contributed by atoms with Gasteiger partial charge in [-0.1, -0.05) is 12.8 Å². The van der Waals surface area contributed by atoms with Crippen molar-refractivity contribution in [1.82, 2.24) is 0 Å². The Morgan fingerprint density at radius 3 is 2.54 bits per heavy atom. The Kier molecular flexibility index (Phi) is 10.2. The molecule has 0 spiro atoms. The van der Waals surface area contributed by atoms with Crippen LogP contribution in [0.2, 0.25) is 0 Å². The summed E-state index contributed by atoms with van der Waals surface area (Å²) in [5.74, 6) is -3.03. The van der Waals surface area contributed by atoms with Gasteiger partial charge in [0, 0.05) is 15.6 Å². The molecule has 4 unspecified atom stereocenters. The number of esters is 2. The molecular weight excluding hydrogens is 747 g/mol. The summed E-state index contributed by atoms with van der Waals surface area (Å²) < 4.78 is 81.5. The standard InChI is InChI=1S/C23H27F3I2O8S/c24-23(25,26)18(12-37(32,33)34)35-19(30)4-3-14-6-13-2-1-5-22(9-13,10-14)21(31)36-20-15(11-29)7-16(27)8-17(20)28/h7-8,13-14,18,29H,1-6,9-12H2,(H,32,33,34). The molecule has 2 saturated carbocycles. The summed E-state index contributed by atoms with van der Waals surface area (Å²) in [6.07, 6.45) is -4.29. The molecular formula is C23H27F3I2O8S. The first-order valence-corrected chi connectivity index (χ1v) is 15.4. The largest absolute Gasteiger partial charge is 0.451 e. The summed E-state index contributed by atoms with van der Waals surface area (Å²) in [5, 5.41) is 9.74. The first-order chi connectivity index (χ1) is 17.1. The van der Waals surface area contributed by atoms with Crippen molar-refractivity contribution in [2.75, 3.05) is 5.75 Å². The van der Waals surface area contributed by atoms with Crippen LogP contribution in [0.1, 0.15) is 56.9 Å². The Labute approximate surface area is 240 Å². The fourth-order valence-corrected chi connectivity index (χ4v) is 8.16. The van der Waals surface area contributed by atoms with E-state index in [2.05, 4.69) is 27.3 Å². The topological polar surface area (TPSA) is 127 Å². The second kappa shape index (κ2) is 12.2. The molecule has 2 N–H and O–H groups in total. The molecule has 8 nitrogen and oxygen atoms in total. The number of benzene rings is 1. The Hall–Kier alpha value is -0.720. The highest BCUT2D eigenvalue weighted by atomic mass is 127. The molecule has 0 radical (unpaired) electrons. The van der Waals surface area contributed by atoms with Crippen LogP contribution < -0.4 is 4.74 Å². The SMILES string of the molecule is O=C(CCC1CC2CCCC(C(=O)Oc3c(I)cc(I)cc3CO)(C2)C1)OC(CS(=O)(=O)O)C(F)(F)F. The fraction of sp³-hybridized carbons (Fsp3) is 0.652. The lowest BCUT2D eigenvalue weighted by atomic mass is 9.58. The number of fused-ring (bicyclic) bond motifs is 2. The van der Waals surface area contributed by atoms with Gasteiger partial charge in [-0.15, -0.1) is 0 Å². The molecule has 1 aromatic carbocycles. The molecule has 37 heavy (non-hydrogen) atoms. The van der Waals surface area contributed by atoms with Crippen molar-refractivity contribution < 1.29 is 50.3 Å². The third-order valence-corrected chi connectivity index (χ3v) is 9.08. The molecule has 0 heterocycles. The lowest BCUT2D eigenvalue weighted by molar-refractivity contribution is -0.215. The molecule has 0 aliphatic heterocycles. The maximum absolute atomic E-state index is 13.5. The molecule has 4 atom stereocenters. The van der Waals surface area contributed by atoms with E-state index in [-0.39, 0.29) is 31.3 Å². The highest BCUT2D eigenvalue weighted by Gasteiger charge is 2.50. The number of carbonyl (C=O) groups excluding carboxylic acids is 2. The van der Waals surface area contributed by atoms with E-state index in [1.54, 1.807) is 6.07 Å². The van der Waals surface area contributed by atoms with Crippen LogP contribution in [0.4, 0.5) is 13.2 Å². The predicted octanol–water partition coefficient (Wildman–Crippen LogP) is 5.02. The van der Waals surface area contributed by atoms with Gasteiger partial charge in [-0.25, -0.2) is 0 Å². The average molecular weight is 774 g/mol. The van der Waals surface area contributed by atoms with E-state index in [0.29, 0.717) is 40.6 Å². The van der Waals surface area contributed by atoms with E-state index < -0.39 is 45.5 Å². The van der Waals surface area contributed by atoms with Crippen LogP contribution in [0.3, 0.4) is 0 Å². The fourth-order valence-electron chi connectivity index (χ4n) is 5.44. The summed E-state index contributed by atoms with van der Waals surface area (Å²) in [7, 11) is -5.02. The van der Waals surface area contributed by atoms with Crippen LogP contribution in [0.25, 0.3) is 0 Å². The van der Waals surface area contributed by atoms with E-state index in [0.717, 1.165) is 16.4 Å². The number of ether oxygens (including phenoxy) is 2. The van der Waals surface area contributed by atoms with Gasteiger partial charge in [0.2, 0.25) is 6.10 Å². The van der Waals surface area contributed by atoms with Crippen molar-refractivity contribution in [1.29, 1.82) is 0 Å². The third kappa shape index (κ3) is 8.38. The highest BCUT2D eigenvalue weighted by Crippen LogP contribution is 2.53. The number of halogens is 5. The zero-order valence-corrected chi connectivity index (χ0v) is 24.7. The summed E-state index contributed by atoms with van der Waals surface area (Å²) >= 11 is 4.15. The molecule has 2 bridgehead atoms. The van der Waals surface area contributed by atoms with Crippen molar-refractivity contribution in [3.8, 4) is 5.75 Å². The molecule has 0 aromatic heterocycles. The second-order valence-electron chi connectivity index (χ2n) is 9.78. The van der Waals surface area contributed by atoms with E-state index in [9.17, 15) is 36.3 Å². The maximum atomic E-state index is 13.5. The minimum absolute atomic E-state index is 0.141. The van der Waals surface area contributed by atoms with Gasteiger partial charge in [0.25, 0.3) is 10.1 Å². The maximum Gasteiger partial charge on any atom is 0.426 e. The first kappa shape index (κ1) is 30.8. The van der Waals surface area contributed by atoms with Crippen LogP contribution in [-0.4, -0.2) is 48.0 Å². The predicted molar refractivity (Wildman–Crippen MR) is 142 cm³/mol. The minimum Gasteiger partial charge on any atom is -0.451 e. The van der Waals surface area contributed by atoms with Crippen molar-refractivity contribution in [3.05, 3.63) is 24.8 Å². The Morgan fingerprint density at radius 2 is 1.92 bits per heavy atom. The van der Waals surface area contributed by atoms with Gasteiger partial charge in [0.1, 0.15) is 11.5 Å². The molecule has 2 fully saturated rings. The van der Waals surface area contributed by atoms with Crippen LogP contribution in [-0.2, 0) is 31.1 Å². The smallest absolute Gasteiger partial charge is 0.426 e. The van der Waals surface area contributed by atoms with Gasteiger partial charge < -0.3 is 14.6 Å². The Bertz CT molecular complexity index is 1130. The van der Waals surface area contributed by atoms with Gasteiger partial charge in [-0.05, 0) is 101 Å². The lowest BCUT2D eigenvalue weighted by Crippen LogP contribution is -2.45. The number of hydrogen-bond acceptors (Lipinski definition) is 7. The first-order valence-electron chi connectivity index (χ1n) is 11.6. The molecule has 2 aliphatic rings. The lowest BCUT2D eigenvalue weighted by Gasteiger charge is -2.46. The molecule has 0 saturated heterocycles. The summed E-state index contributed by atoms with van der Waals surface area (Å²) in [6, 6.07) is 3.56. The number of aliphatic hydroxyl groups is 1. The monoisotopic (exact) mass is 774 g/mol. The summed E-state index contributed by atoms with van der Waals surface area (Å²) in [4.78, 5) is 25.6. The normalized spacial score (nSPS) is 24.8. The van der Waals surface area contributed by atoms with Crippen molar-refractivity contribution in [2.24, 2.45) is 17.3 Å². The van der Waals surface area contributed by atoms with Crippen molar-refractivity contribution >= 4 is 67.2 Å². The van der Waals surface area contributed by atoms with Gasteiger partial charge in [-0.2, -0.15) is 21.6 Å². The van der Waals surface area contributed by atoms with Gasteiger partial charge in [0.15, 0.2) is 0 Å². The third-order valence-electron chi connectivity index (χ3n) is 6.93. The molecule has 0 amide bonds. The number of aliphatic hydroxyl groups excluding tert-OH is 1. The van der Waals surface area contributed by atoms with Gasteiger partial charge >= 0.3 is 18.1 Å². The van der Waals surface area contributed by atoms with E-state index >= 15 is 0 Å². The highest BCUT2D eigenvalue weighted by molar-refractivity contribution is 14.1. The van der Waals surface area contributed by atoms with E-state index in [4.69, 9.17) is 9.29 Å². The molecule has 1 aromatic rings. The van der Waals surface area contributed by atoms with Crippen LogP contribution in [0.15, 0.2) is 12.1 Å².